The number of methoxy groups -OCH3 is 1. The van der Waals surface area contributed by atoms with Crippen molar-refractivity contribution in [2.45, 2.75) is 25.4 Å². The number of rotatable bonds is 5. The summed E-state index contributed by atoms with van der Waals surface area (Å²) in [4.78, 5) is 37.9. The summed E-state index contributed by atoms with van der Waals surface area (Å²) < 4.78 is 9.93. The number of hydrogen-bond acceptors (Lipinski definition) is 5. The van der Waals surface area contributed by atoms with Crippen LogP contribution in [-0.4, -0.2) is 29.9 Å². The molecule has 1 aliphatic heterocycles. The topological polar surface area (TPSA) is 88.8 Å². The second kappa shape index (κ2) is 6.43. The van der Waals surface area contributed by atoms with E-state index in [9.17, 15) is 14.4 Å². The molecule has 1 saturated heterocycles. The van der Waals surface area contributed by atoms with Crippen molar-refractivity contribution in [2.24, 2.45) is 0 Å². The highest BCUT2D eigenvalue weighted by molar-refractivity contribution is 6.07. The third-order valence-corrected chi connectivity index (χ3v) is 4.33. The molecule has 2 heterocycles. The molecule has 7 heteroatoms. The van der Waals surface area contributed by atoms with E-state index in [1.54, 1.807) is 6.07 Å². The Hall–Kier alpha value is -3.09. The molecule has 1 aromatic carbocycles. The maximum Gasteiger partial charge on any atom is 0.373 e. The summed E-state index contributed by atoms with van der Waals surface area (Å²) in [6.07, 6.45) is 0.420. The Morgan fingerprint density at radius 3 is 2.56 bits per heavy atom. The number of imide groups is 1. The van der Waals surface area contributed by atoms with Crippen molar-refractivity contribution < 1.29 is 23.5 Å². The van der Waals surface area contributed by atoms with Gasteiger partial charge in [0.15, 0.2) is 0 Å². The molecule has 0 bridgehead atoms. The van der Waals surface area contributed by atoms with Crippen LogP contribution in [0.5, 0.6) is 0 Å². The van der Waals surface area contributed by atoms with Crippen molar-refractivity contribution in [3.8, 4) is 0 Å². The Labute approximate surface area is 144 Å². The van der Waals surface area contributed by atoms with Gasteiger partial charge in [-0.2, -0.15) is 0 Å². The van der Waals surface area contributed by atoms with Crippen LogP contribution in [0.1, 0.15) is 35.2 Å². The smallest absolute Gasteiger partial charge is 0.373 e. The van der Waals surface area contributed by atoms with Crippen LogP contribution in [0.2, 0.25) is 0 Å². The van der Waals surface area contributed by atoms with Gasteiger partial charge in [0.25, 0.3) is 5.91 Å². The van der Waals surface area contributed by atoms with Gasteiger partial charge in [0.1, 0.15) is 11.3 Å². The fourth-order valence-electron chi connectivity index (χ4n) is 2.96. The number of nitrogens with one attached hydrogen (secondary N) is 1. The van der Waals surface area contributed by atoms with Crippen LogP contribution in [-0.2, 0) is 21.6 Å². The zero-order valence-corrected chi connectivity index (χ0v) is 13.9. The summed E-state index contributed by atoms with van der Waals surface area (Å²) in [6, 6.07) is 11.6. The van der Waals surface area contributed by atoms with E-state index in [1.807, 2.05) is 37.3 Å². The van der Waals surface area contributed by atoms with Crippen LogP contribution in [0, 0.1) is 0 Å². The lowest BCUT2D eigenvalue weighted by atomic mass is 9.87. The van der Waals surface area contributed by atoms with Gasteiger partial charge in [-0.15, -0.1) is 0 Å². The zero-order chi connectivity index (χ0) is 18.0. The molecule has 0 spiro atoms. The molecule has 1 aliphatic rings. The molecule has 0 aliphatic carbocycles. The first-order valence-electron chi connectivity index (χ1n) is 7.88. The van der Waals surface area contributed by atoms with Gasteiger partial charge in [0.05, 0.1) is 13.7 Å². The molecular formula is C18H18N2O5. The number of urea groups is 1. The summed E-state index contributed by atoms with van der Waals surface area (Å²) in [7, 11) is 1.25. The van der Waals surface area contributed by atoms with Gasteiger partial charge in [0, 0.05) is 0 Å². The number of benzene rings is 1. The minimum atomic E-state index is -1.09. The van der Waals surface area contributed by atoms with E-state index in [0.29, 0.717) is 12.2 Å². The van der Waals surface area contributed by atoms with Crippen LogP contribution in [0.15, 0.2) is 46.9 Å². The molecule has 1 fully saturated rings. The number of amides is 3. The lowest BCUT2D eigenvalue weighted by Crippen LogP contribution is -2.43. The average Bonchev–Trinajstić information content (AvgIpc) is 3.20. The van der Waals surface area contributed by atoms with Crippen LogP contribution in [0.3, 0.4) is 0 Å². The molecular weight excluding hydrogens is 324 g/mol. The molecule has 0 radical (unpaired) electrons. The number of ether oxygens (including phenoxy) is 1. The lowest BCUT2D eigenvalue weighted by molar-refractivity contribution is -0.132. The highest BCUT2D eigenvalue weighted by Gasteiger charge is 2.51. The number of carbonyl (C=O) groups is 3. The standard InChI is InChI=1S/C18H18N2O5/c1-3-18(12-7-5-4-6-8-12)16(22)20(17(23)19-18)11-13-9-10-14(25-13)15(21)24-2/h4-10H,3,11H2,1-2H3,(H,19,23)/t18-/m0/s1. The maximum atomic E-state index is 13.0. The minimum Gasteiger partial charge on any atom is -0.463 e. The Morgan fingerprint density at radius 2 is 1.92 bits per heavy atom. The monoisotopic (exact) mass is 342 g/mol. The van der Waals surface area contributed by atoms with Gasteiger partial charge < -0.3 is 14.5 Å². The molecule has 2 aromatic rings. The summed E-state index contributed by atoms with van der Waals surface area (Å²) in [5.41, 5.74) is -0.358. The predicted octanol–water partition coefficient (Wildman–Crippen LogP) is 2.42. The Balaban J connectivity index is 1.86. The number of esters is 1. The lowest BCUT2D eigenvalue weighted by Gasteiger charge is -2.25. The third-order valence-electron chi connectivity index (χ3n) is 4.33. The van der Waals surface area contributed by atoms with E-state index in [1.165, 1.54) is 13.2 Å². The van der Waals surface area contributed by atoms with Crippen LogP contribution < -0.4 is 5.32 Å². The second-order valence-electron chi connectivity index (χ2n) is 5.70. The minimum absolute atomic E-state index is 0.0226. The van der Waals surface area contributed by atoms with Crippen molar-refractivity contribution in [3.63, 3.8) is 0 Å². The second-order valence-corrected chi connectivity index (χ2v) is 5.70. The van der Waals surface area contributed by atoms with E-state index < -0.39 is 17.5 Å². The van der Waals surface area contributed by atoms with Crippen LogP contribution in [0.4, 0.5) is 4.79 Å². The first-order chi connectivity index (χ1) is 12.0. The fraction of sp³-hybridized carbons (Fsp3) is 0.278. The molecule has 25 heavy (non-hydrogen) atoms. The Kier molecular flexibility index (Phi) is 4.31. The van der Waals surface area contributed by atoms with Gasteiger partial charge in [-0.05, 0) is 24.1 Å². The summed E-state index contributed by atoms with van der Waals surface area (Å²) in [6.45, 7) is 1.78. The van der Waals surface area contributed by atoms with Crippen LogP contribution in [0.25, 0.3) is 0 Å². The Morgan fingerprint density at radius 1 is 1.20 bits per heavy atom. The fourth-order valence-corrected chi connectivity index (χ4v) is 2.96. The number of hydrogen-bond donors (Lipinski definition) is 1. The van der Waals surface area contributed by atoms with Crippen molar-refractivity contribution >= 4 is 17.9 Å². The molecule has 130 valence electrons. The summed E-state index contributed by atoms with van der Waals surface area (Å²) >= 11 is 0. The molecule has 1 N–H and O–H groups in total. The molecule has 0 saturated carbocycles. The van der Waals surface area contributed by atoms with Gasteiger partial charge in [-0.25, -0.2) is 9.59 Å². The first-order valence-corrected chi connectivity index (χ1v) is 7.88. The predicted molar refractivity (Wildman–Crippen MR) is 87.5 cm³/mol. The quantitative estimate of drug-likeness (QED) is 0.666. The normalized spacial score (nSPS) is 19.8. The van der Waals surface area contributed by atoms with Gasteiger partial charge in [-0.1, -0.05) is 37.3 Å². The number of furan rings is 1. The zero-order valence-electron chi connectivity index (χ0n) is 13.9. The van der Waals surface area contributed by atoms with E-state index in [2.05, 4.69) is 10.1 Å². The van der Waals surface area contributed by atoms with Gasteiger partial charge in [-0.3, -0.25) is 9.69 Å². The molecule has 3 rings (SSSR count). The van der Waals surface area contributed by atoms with Crippen molar-refractivity contribution in [3.05, 3.63) is 59.5 Å². The third kappa shape index (κ3) is 2.77. The van der Waals surface area contributed by atoms with E-state index in [4.69, 9.17) is 4.42 Å². The van der Waals surface area contributed by atoms with Gasteiger partial charge in [0.2, 0.25) is 5.76 Å². The van der Waals surface area contributed by atoms with Gasteiger partial charge >= 0.3 is 12.0 Å². The highest BCUT2D eigenvalue weighted by atomic mass is 16.5. The summed E-state index contributed by atoms with van der Waals surface area (Å²) in [5.74, 6) is -0.615. The Bertz CT molecular complexity index is 814. The van der Waals surface area contributed by atoms with Crippen LogP contribution >= 0.6 is 0 Å². The van der Waals surface area contributed by atoms with E-state index in [0.717, 1.165) is 10.5 Å². The summed E-state index contributed by atoms with van der Waals surface area (Å²) in [5, 5.41) is 2.80. The maximum absolute atomic E-state index is 13.0. The van der Waals surface area contributed by atoms with E-state index in [-0.39, 0.29) is 18.2 Å². The highest BCUT2D eigenvalue weighted by Crippen LogP contribution is 2.33. The average molecular weight is 342 g/mol. The molecule has 0 unspecified atom stereocenters. The van der Waals surface area contributed by atoms with E-state index >= 15 is 0 Å². The van der Waals surface area contributed by atoms with Crippen molar-refractivity contribution in [2.75, 3.05) is 7.11 Å². The molecule has 3 amide bonds. The SMILES string of the molecule is CC[C@@]1(c2ccccc2)NC(=O)N(Cc2ccc(C(=O)OC)o2)C1=O. The van der Waals surface area contributed by atoms with Crippen molar-refractivity contribution in [1.82, 2.24) is 10.2 Å². The first kappa shape index (κ1) is 16.8. The van der Waals surface area contributed by atoms with Crippen molar-refractivity contribution in [1.29, 1.82) is 0 Å². The molecule has 7 nitrogen and oxygen atoms in total. The number of nitrogens with zero attached hydrogens (tertiary/aromatic N) is 1. The molecule has 1 atom stereocenters. The molecule has 1 aromatic heterocycles. The largest absolute Gasteiger partial charge is 0.463 e. The number of carbonyl (C=O) groups excluding carboxylic acids is 3.